The lowest BCUT2D eigenvalue weighted by Crippen LogP contribution is -2.30. The number of unbranched alkanes of at least 4 members (excludes halogenated alkanes) is 30. The van der Waals surface area contributed by atoms with Crippen molar-refractivity contribution in [2.24, 2.45) is 0 Å². The maximum atomic E-state index is 12.6. The molecule has 2 atom stereocenters. The van der Waals surface area contributed by atoms with Gasteiger partial charge >= 0.3 is 11.9 Å². The topological polar surface area (TPSA) is 89.5 Å². The summed E-state index contributed by atoms with van der Waals surface area (Å²) in [5, 5.41) is 3.33. The van der Waals surface area contributed by atoms with Crippen molar-refractivity contribution in [3.8, 4) is 11.5 Å². The highest BCUT2D eigenvalue weighted by atomic mass is 32.2. The summed E-state index contributed by atoms with van der Waals surface area (Å²) in [6.07, 6.45) is 43.1. The highest BCUT2D eigenvalue weighted by Crippen LogP contribution is 2.45. The van der Waals surface area contributed by atoms with E-state index in [0.29, 0.717) is 24.7 Å². The zero-order valence-electron chi connectivity index (χ0n) is 48.2. The molecule has 0 aromatic heterocycles. The Morgan fingerprint density at radius 3 is 1.12 bits per heavy atom. The molecule has 0 amide bonds. The largest absolute Gasteiger partial charge is 0.488 e. The van der Waals surface area contributed by atoms with E-state index in [9.17, 15) is 9.59 Å². The summed E-state index contributed by atoms with van der Waals surface area (Å²) >= 11 is 1.66. The average Bonchev–Trinajstić information content (AvgIpc) is 3.45. The normalized spacial score (nSPS) is 12.2. The Hall–Kier alpha value is -4.31. The molecule has 428 valence electrons. The lowest BCUT2D eigenvalue weighted by Gasteiger charge is -2.23. The minimum atomic E-state index is -0.660. The van der Waals surface area contributed by atoms with Crippen LogP contribution in [0, 0.1) is 0 Å². The highest BCUT2D eigenvalue weighted by Gasteiger charge is 2.22. The van der Waals surface area contributed by atoms with E-state index in [0.717, 1.165) is 57.0 Å². The van der Waals surface area contributed by atoms with Gasteiger partial charge in [-0.25, -0.2) is 9.59 Å². The Balaban J connectivity index is 1.31. The van der Waals surface area contributed by atoms with Crippen molar-refractivity contribution in [3.05, 3.63) is 98.1 Å². The number of fused-ring (bicyclic) bond motifs is 2. The van der Waals surface area contributed by atoms with E-state index in [2.05, 4.69) is 57.3 Å². The quantitative estimate of drug-likeness (QED) is 0.0186. The fourth-order valence-electron chi connectivity index (χ4n) is 10.0. The minimum Gasteiger partial charge on any atom is -0.488 e. The highest BCUT2D eigenvalue weighted by molar-refractivity contribution is 7.99. The molecular weight excluding hydrogens is 977 g/mol. The van der Waals surface area contributed by atoms with Crippen LogP contribution in [0.2, 0.25) is 0 Å². The van der Waals surface area contributed by atoms with Crippen LogP contribution in [0.4, 0.5) is 0 Å². The van der Waals surface area contributed by atoms with Gasteiger partial charge in [0.1, 0.15) is 24.7 Å². The van der Waals surface area contributed by atoms with Crippen LogP contribution in [0.1, 0.15) is 219 Å². The van der Waals surface area contributed by atoms with Gasteiger partial charge in [0.25, 0.3) is 0 Å². The zero-order chi connectivity index (χ0) is 54.6. The number of ether oxygens (including phenoxy) is 6. The summed E-state index contributed by atoms with van der Waals surface area (Å²) in [6, 6.07) is 24.5. The summed E-state index contributed by atoms with van der Waals surface area (Å²) < 4.78 is 37.4. The van der Waals surface area contributed by atoms with Gasteiger partial charge in [0, 0.05) is 56.7 Å². The van der Waals surface area contributed by atoms with E-state index in [1.165, 1.54) is 192 Å². The molecule has 2 unspecified atom stereocenters. The molecule has 4 aromatic carbocycles. The van der Waals surface area contributed by atoms with E-state index in [1.807, 2.05) is 42.5 Å². The zero-order valence-corrected chi connectivity index (χ0v) is 49.0. The molecule has 0 fully saturated rings. The molecule has 4 aromatic rings. The molecule has 0 aliphatic rings. The summed E-state index contributed by atoms with van der Waals surface area (Å²) in [4.78, 5) is 27.4. The number of benzene rings is 4. The number of carbonyl (C=O) groups excluding carboxylic acids is 2. The van der Waals surface area contributed by atoms with Gasteiger partial charge in [-0.05, 0) is 43.2 Å². The van der Waals surface area contributed by atoms with E-state index < -0.39 is 24.1 Å². The first-order valence-electron chi connectivity index (χ1n) is 30.8. The Morgan fingerprint density at radius 1 is 0.403 bits per heavy atom. The second-order valence-electron chi connectivity index (χ2n) is 21.2. The molecule has 0 radical (unpaired) electrons. The first-order chi connectivity index (χ1) is 38.0. The van der Waals surface area contributed by atoms with Crippen molar-refractivity contribution in [2.75, 3.05) is 39.6 Å². The van der Waals surface area contributed by atoms with Crippen molar-refractivity contribution < 1.29 is 38.0 Å². The van der Waals surface area contributed by atoms with Gasteiger partial charge in [-0.2, -0.15) is 0 Å². The third-order valence-electron chi connectivity index (χ3n) is 14.5. The molecule has 0 saturated carbocycles. The second kappa shape index (κ2) is 43.6. The van der Waals surface area contributed by atoms with Crippen LogP contribution < -0.4 is 9.47 Å². The predicted octanol–water partition coefficient (Wildman–Crippen LogP) is 19.7. The molecule has 77 heavy (non-hydrogen) atoms. The smallest absolute Gasteiger partial charge is 0.330 e. The van der Waals surface area contributed by atoms with Crippen LogP contribution in [0.5, 0.6) is 11.5 Å². The van der Waals surface area contributed by atoms with Crippen LogP contribution in [0.3, 0.4) is 0 Å². The second-order valence-corrected chi connectivity index (χ2v) is 22.4. The number of carbonyl (C=O) groups is 2. The Labute approximate surface area is 471 Å². The molecule has 8 nitrogen and oxygen atoms in total. The molecule has 0 aliphatic carbocycles. The predicted molar refractivity (Wildman–Crippen MR) is 324 cm³/mol. The number of hydrogen-bond acceptors (Lipinski definition) is 9. The summed E-state index contributed by atoms with van der Waals surface area (Å²) in [6.45, 7) is 13.6. The van der Waals surface area contributed by atoms with Gasteiger partial charge in [0.05, 0.1) is 13.2 Å². The fourth-order valence-corrected chi connectivity index (χ4v) is 10.9. The van der Waals surface area contributed by atoms with Crippen molar-refractivity contribution >= 4 is 45.2 Å². The summed E-state index contributed by atoms with van der Waals surface area (Å²) in [7, 11) is 0. The van der Waals surface area contributed by atoms with Crippen molar-refractivity contribution in [1.29, 1.82) is 0 Å². The van der Waals surface area contributed by atoms with Gasteiger partial charge in [-0.1, -0.05) is 274 Å². The standard InChI is InChI=1S/C68H102O8S/c1-5-9-11-13-15-17-19-21-23-25-27-29-31-33-35-42-50-71-53-57(75-65(69)7-3)55-73-67-61-46-40-41-47-62(61)68(64-52-60(48-49-63(64)67)77-59-44-38-37-39-45-59)74-56-58(76-66(70)8-4)54-72-51-43-36-34-32-30-28-26-24-22-20-18-16-14-12-10-6-2/h7-8,37-41,44-49,52,57-58H,3-6,9-36,42-43,50-51,53-56H2,1-2H3. The molecule has 0 bridgehead atoms. The number of rotatable bonds is 50. The van der Waals surface area contributed by atoms with Crippen LogP contribution in [0.15, 0.2) is 108 Å². The maximum Gasteiger partial charge on any atom is 0.330 e. The number of hydrogen-bond donors (Lipinski definition) is 0. The monoisotopic (exact) mass is 1080 g/mol. The molecule has 0 aliphatic heterocycles. The first-order valence-corrected chi connectivity index (χ1v) is 31.6. The van der Waals surface area contributed by atoms with Crippen LogP contribution >= 0.6 is 11.8 Å². The SMILES string of the molecule is C=CC(=O)OC(COCCCCCCCCCCCCCCCCCC)COc1c2ccccc2c(OCC(COCCCCCCCCCCCCCCCCCC)OC(=O)C=C)c2cc(Sc3ccccc3)ccc12. The van der Waals surface area contributed by atoms with Gasteiger partial charge in [-0.3, -0.25) is 0 Å². The van der Waals surface area contributed by atoms with E-state index in [4.69, 9.17) is 28.4 Å². The van der Waals surface area contributed by atoms with Crippen molar-refractivity contribution in [1.82, 2.24) is 0 Å². The lowest BCUT2D eigenvalue weighted by molar-refractivity contribution is -0.148. The van der Waals surface area contributed by atoms with Gasteiger partial charge in [0.15, 0.2) is 12.2 Å². The molecule has 0 N–H and O–H groups in total. The van der Waals surface area contributed by atoms with Gasteiger partial charge in [-0.15, -0.1) is 0 Å². The Morgan fingerprint density at radius 2 is 0.740 bits per heavy atom. The third kappa shape index (κ3) is 28.9. The van der Waals surface area contributed by atoms with Crippen LogP contribution in [-0.2, 0) is 28.5 Å². The maximum absolute atomic E-state index is 12.6. The molecule has 9 heteroatoms. The van der Waals surface area contributed by atoms with E-state index in [1.54, 1.807) is 11.8 Å². The van der Waals surface area contributed by atoms with Crippen molar-refractivity contribution in [3.63, 3.8) is 0 Å². The average molecular weight is 1080 g/mol. The summed E-state index contributed by atoms with van der Waals surface area (Å²) in [5.74, 6) is 0.248. The van der Waals surface area contributed by atoms with E-state index >= 15 is 0 Å². The molecule has 4 rings (SSSR count). The van der Waals surface area contributed by atoms with Gasteiger partial charge < -0.3 is 28.4 Å². The number of esters is 2. The Bertz CT molecular complexity index is 2160. The minimum absolute atomic E-state index is 0.0736. The van der Waals surface area contributed by atoms with Crippen molar-refractivity contribution in [2.45, 2.75) is 241 Å². The molecule has 0 heterocycles. The molecule has 0 spiro atoms. The molecular formula is C68H102O8S. The Kier molecular flexibility index (Phi) is 36.9. The molecule has 0 saturated heterocycles. The van der Waals surface area contributed by atoms with Crippen LogP contribution in [0.25, 0.3) is 21.5 Å². The fraction of sp³-hybridized carbons (Fsp3) is 0.618. The van der Waals surface area contributed by atoms with Crippen LogP contribution in [-0.4, -0.2) is 63.8 Å². The van der Waals surface area contributed by atoms with Gasteiger partial charge in [0.2, 0.25) is 0 Å². The third-order valence-corrected chi connectivity index (χ3v) is 15.5. The van der Waals surface area contributed by atoms with E-state index in [-0.39, 0.29) is 26.4 Å². The summed E-state index contributed by atoms with van der Waals surface area (Å²) in [5.41, 5.74) is 0. The first kappa shape index (κ1) is 65.2. The lowest BCUT2D eigenvalue weighted by atomic mass is 10.0.